The summed E-state index contributed by atoms with van der Waals surface area (Å²) in [6, 6.07) is 13.1. The van der Waals surface area contributed by atoms with Crippen molar-refractivity contribution in [3.8, 4) is 11.3 Å². The van der Waals surface area contributed by atoms with Crippen LogP contribution in [-0.2, 0) is 17.6 Å². The highest BCUT2D eigenvalue weighted by Gasteiger charge is 2.25. The van der Waals surface area contributed by atoms with Crippen LogP contribution in [0.1, 0.15) is 48.1 Å². The second-order valence-electron chi connectivity index (χ2n) is 9.34. The number of pyridine rings is 1. The molecular weight excluding hydrogens is 448 g/mol. The van der Waals surface area contributed by atoms with E-state index >= 15 is 0 Å². The van der Waals surface area contributed by atoms with E-state index in [2.05, 4.69) is 33.8 Å². The van der Waals surface area contributed by atoms with Gasteiger partial charge in [-0.05, 0) is 79.1 Å². The average molecular weight is 480 g/mol. The Morgan fingerprint density at radius 2 is 1.91 bits per heavy atom. The normalized spacial score (nSPS) is 16.9. The van der Waals surface area contributed by atoms with E-state index in [0.29, 0.717) is 5.56 Å². The molecule has 1 heterocycles. The molecule has 0 saturated carbocycles. The molecule has 7 heteroatoms. The van der Waals surface area contributed by atoms with Crippen LogP contribution >= 0.6 is 0 Å². The molecule has 0 bridgehead atoms. The molecule has 0 spiro atoms. The summed E-state index contributed by atoms with van der Waals surface area (Å²) in [5.74, 6) is -1.69. The van der Waals surface area contributed by atoms with Crippen molar-refractivity contribution in [1.29, 1.82) is 0 Å². The first kappa shape index (κ1) is 24.9. The standard InChI is InChI=1S/C28H31F2N3O2/c1-17-6-9-25(31-15-17)21-8-7-20-4-3-5-26(24(20)13-21)32-16-28(35)27(33-18(2)34)12-19-10-22(29)14-23(30)11-19/h6-11,13-15,26-28,32,35H,3-5,12,16H2,1-2H3,(H,33,34)/t26?,27-,28-/m0/s1. The lowest BCUT2D eigenvalue weighted by Gasteiger charge is -2.30. The summed E-state index contributed by atoms with van der Waals surface area (Å²) in [5.41, 5.74) is 5.89. The number of nitrogens with zero attached hydrogens (tertiary/aromatic N) is 1. The predicted octanol–water partition coefficient (Wildman–Crippen LogP) is 4.41. The van der Waals surface area contributed by atoms with E-state index in [1.165, 1.54) is 30.2 Å². The maximum atomic E-state index is 13.6. The number of hydrogen-bond donors (Lipinski definition) is 3. The van der Waals surface area contributed by atoms with Gasteiger partial charge in [0, 0.05) is 37.3 Å². The third kappa shape index (κ3) is 6.50. The monoisotopic (exact) mass is 479 g/mol. The highest BCUT2D eigenvalue weighted by Crippen LogP contribution is 2.33. The summed E-state index contributed by atoms with van der Waals surface area (Å²) in [7, 11) is 0. The number of hydrogen-bond acceptors (Lipinski definition) is 4. The highest BCUT2D eigenvalue weighted by atomic mass is 19.1. The van der Waals surface area contributed by atoms with Crippen LogP contribution in [0, 0.1) is 18.6 Å². The largest absolute Gasteiger partial charge is 0.390 e. The number of aliphatic hydroxyl groups is 1. The van der Waals surface area contributed by atoms with Crippen LogP contribution in [0.25, 0.3) is 11.3 Å². The zero-order chi connectivity index (χ0) is 24.9. The minimum atomic E-state index is -0.947. The van der Waals surface area contributed by atoms with E-state index in [1.807, 2.05) is 25.3 Å². The number of aromatic nitrogens is 1. The number of carbonyl (C=O) groups is 1. The Labute approximate surface area is 204 Å². The Morgan fingerprint density at radius 3 is 2.60 bits per heavy atom. The SMILES string of the molecule is CC(=O)N[C@@H](Cc1cc(F)cc(F)c1)[C@@H](O)CNC1CCCc2ccc(-c3ccc(C)cn3)cc21. The summed E-state index contributed by atoms with van der Waals surface area (Å²) in [5, 5.41) is 17.1. The summed E-state index contributed by atoms with van der Waals surface area (Å²) in [6.07, 6.45) is 3.97. The molecule has 184 valence electrons. The molecule has 35 heavy (non-hydrogen) atoms. The Morgan fingerprint density at radius 1 is 1.14 bits per heavy atom. The molecular formula is C28H31F2N3O2. The van der Waals surface area contributed by atoms with E-state index in [4.69, 9.17) is 0 Å². The van der Waals surface area contributed by atoms with Gasteiger partial charge in [-0.2, -0.15) is 0 Å². The van der Waals surface area contributed by atoms with Gasteiger partial charge in [-0.3, -0.25) is 9.78 Å². The van der Waals surface area contributed by atoms with Crippen molar-refractivity contribution < 1.29 is 18.7 Å². The molecule has 1 amide bonds. The average Bonchev–Trinajstić information content (AvgIpc) is 2.81. The van der Waals surface area contributed by atoms with Crippen molar-refractivity contribution in [2.24, 2.45) is 0 Å². The lowest BCUT2D eigenvalue weighted by molar-refractivity contribution is -0.120. The Kier molecular flexibility index (Phi) is 7.88. The van der Waals surface area contributed by atoms with Gasteiger partial charge in [0.25, 0.3) is 0 Å². The summed E-state index contributed by atoms with van der Waals surface area (Å²) in [4.78, 5) is 16.3. The van der Waals surface area contributed by atoms with Gasteiger partial charge < -0.3 is 15.7 Å². The zero-order valence-electron chi connectivity index (χ0n) is 20.0. The number of carbonyl (C=O) groups excluding carboxylic acids is 1. The van der Waals surface area contributed by atoms with E-state index in [0.717, 1.165) is 42.1 Å². The van der Waals surface area contributed by atoms with E-state index in [9.17, 15) is 18.7 Å². The molecule has 3 atom stereocenters. The first-order valence-corrected chi connectivity index (χ1v) is 12.0. The van der Waals surface area contributed by atoms with Gasteiger partial charge >= 0.3 is 0 Å². The fourth-order valence-corrected chi connectivity index (χ4v) is 4.74. The van der Waals surface area contributed by atoms with Crippen LogP contribution in [0.4, 0.5) is 8.78 Å². The molecule has 2 aromatic carbocycles. The van der Waals surface area contributed by atoms with Crippen LogP contribution in [0.2, 0.25) is 0 Å². The molecule has 0 fully saturated rings. The van der Waals surface area contributed by atoms with Crippen LogP contribution in [0.3, 0.4) is 0 Å². The lowest BCUT2D eigenvalue weighted by atomic mass is 9.86. The fourth-order valence-electron chi connectivity index (χ4n) is 4.74. The summed E-state index contributed by atoms with van der Waals surface area (Å²) >= 11 is 0. The lowest BCUT2D eigenvalue weighted by Crippen LogP contribution is -2.48. The van der Waals surface area contributed by atoms with Gasteiger partial charge in [0.2, 0.25) is 5.91 Å². The second-order valence-corrected chi connectivity index (χ2v) is 9.34. The van der Waals surface area contributed by atoms with Gasteiger partial charge in [-0.25, -0.2) is 8.78 Å². The van der Waals surface area contributed by atoms with E-state index < -0.39 is 23.8 Å². The van der Waals surface area contributed by atoms with Crippen molar-refractivity contribution in [3.63, 3.8) is 0 Å². The number of halogens is 2. The Bertz CT molecular complexity index is 1160. The molecule has 5 nitrogen and oxygen atoms in total. The molecule has 0 saturated heterocycles. The van der Waals surface area contributed by atoms with Crippen molar-refractivity contribution in [2.45, 2.75) is 57.7 Å². The number of amides is 1. The number of aliphatic hydroxyl groups excluding tert-OH is 1. The molecule has 1 aliphatic carbocycles. The van der Waals surface area contributed by atoms with E-state index in [1.54, 1.807) is 0 Å². The van der Waals surface area contributed by atoms with Gasteiger partial charge in [-0.15, -0.1) is 0 Å². The number of aryl methyl sites for hydroxylation is 2. The van der Waals surface area contributed by atoms with Gasteiger partial charge in [0.15, 0.2) is 0 Å². The molecule has 1 unspecified atom stereocenters. The van der Waals surface area contributed by atoms with Crippen molar-refractivity contribution in [1.82, 2.24) is 15.6 Å². The molecule has 3 N–H and O–H groups in total. The molecule has 3 aromatic rings. The molecule has 0 radical (unpaired) electrons. The number of rotatable bonds is 8. The first-order valence-electron chi connectivity index (χ1n) is 12.0. The van der Waals surface area contributed by atoms with Crippen molar-refractivity contribution in [3.05, 3.63) is 88.6 Å². The molecule has 1 aromatic heterocycles. The minimum Gasteiger partial charge on any atom is -0.390 e. The smallest absolute Gasteiger partial charge is 0.217 e. The second kappa shape index (κ2) is 11.1. The molecule has 1 aliphatic rings. The first-order chi connectivity index (χ1) is 16.8. The maximum Gasteiger partial charge on any atom is 0.217 e. The third-order valence-corrected chi connectivity index (χ3v) is 6.47. The Balaban J connectivity index is 1.48. The molecule has 0 aliphatic heterocycles. The van der Waals surface area contributed by atoms with E-state index in [-0.39, 0.29) is 24.9 Å². The predicted molar refractivity (Wildman–Crippen MR) is 132 cm³/mol. The fraction of sp³-hybridized carbons (Fsp3) is 0.357. The summed E-state index contributed by atoms with van der Waals surface area (Å²) in [6.45, 7) is 3.59. The highest BCUT2D eigenvalue weighted by molar-refractivity contribution is 5.73. The van der Waals surface area contributed by atoms with Crippen LogP contribution in [0.15, 0.2) is 54.7 Å². The van der Waals surface area contributed by atoms with Crippen LogP contribution in [-0.4, -0.2) is 34.7 Å². The van der Waals surface area contributed by atoms with Crippen LogP contribution in [0.5, 0.6) is 0 Å². The summed E-state index contributed by atoms with van der Waals surface area (Å²) < 4.78 is 27.3. The number of nitrogens with one attached hydrogen (secondary N) is 2. The topological polar surface area (TPSA) is 74.2 Å². The maximum absolute atomic E-state index is 13.6. The van der Waals surface area contributed by atoms with Crippen LogP contribution < -0.4 is 10.6 Å². The number of benzene rings is 2. The minimum absolute atomic E-state index is 0.0448. The van der Waals surface area contributed by atoms with Gasteiger partial charge in [0.05, 0.1) is 17.8 Å². The molecule has 4 rings (SSSR count). The van der Waals surface area contributed by atoms with Crippen molar-refractivity contribution in [2.75, 3.05) is 6.54 Å². The zero-order valence-corrected chi connectivity index (χ0v) is 20.0. The van der Waals surface area contributed by atoms with Gasteiger partial charge in [-0.1, -0.05) is 18.2 Å². The van der Waals surface area contributed by atoms with Crippen molar-refractivity contribution >= 4 is 5.91 Å². The third-order valence-electron chi connectivity index (χ3n) is 6.47. The quantitative estimate of drug-likeness (QED) is 0.448. The number of fused-ring (bicyclic) bond motifs is 1. The Hall–Kier alpha value is -3.16. The van der Waals surface area contributed by atoms with Gasteiger partial charge in [0.1, 0.15) is 11.6 Å².